The largest absolute Gasteiger partial charge is 0.493 e. The first-order chi connectivity index (χ1) is 10.8. The van der Waals surface area contributed by atoms with Crippen molar-refractivity contribution in [2.45, 2.75) is 19.5 Å². The van der Waals surface area contributed by atoms with Gasteiger partial charge in [0.1, 0.15) is 6.61 Å². The summed E-state index contributed by atoms with van der Waals surface area (Å²) < 4.78 is 11.2. The molecule has 1 unspecified atom stereocenters. The quantitative estimate of drug-likeness (QED) is 0.744. The molecule has 0 radical (unpaired) electrons. The predicted octanol–water partition coefficient (Wildman–Crippen LogP) is 4.11. The van der Waals surface area contributed by atoms with Gasteiger partial charge in [-0.1, -0.05) is 55.1 Å². The molecule has 2 rings (SSSR count). The van der Waals surface area contributed by atoms with Crippen LogP contribution in [0.15, 0.2) is 61.2 Å². The van der Waals surface area contributed by atoms with Crippen molar-refractivity contribution in [2.75, 3.05) is 13.7 Å². The Morgan fingerprint density at radius 2 is 1.91 bits per heavy atom. The summed E-state index contributed by atoms with van der Waals surface area (Å²) in [6.07, 6.45) is 1.73. The van der Waals surface area contributed by atoms with E-state index in [0.29, 0.717) is 13.2 Å². The smallest absolute Gasteiger partial charge is 0.166 e. The van der Waals surface area contributed by atoms with E-state index in [4.69, 9.17) is 9.47 Å². The lowest BCUT2D eigenvalue weighted by molar-refractivity contribution is 0.321. The maximum atomic E-state index is 5.76. The molecule has 0 aliphatic rings. The molecule has 22 heavy (non-hydrogen) atoms. The van der Waals surface area contributed by atoms with Gasteiger partial charge in [-0.2, -0.15) is 0 Å². The van der Waals surface area contributed by atoms with Crippen LogP contribution in [0.3, 0.4) is 0 Å². The van der Waals surface area contributed by atoms with E-state index in [2.05, 4.69) is 43.1 Å². The SMILES string of the molecule is C=CCOc1c(CNC(C)c2ccccc2)cccc1OC. The van der Waals surface area contributed by atoms with Crippen molar-refractivity contribution in [3.63, 3.8) is 0 Å². The number of methoxy groups -OCH3 is 1. The number of hydrogen-bond acceptors (Lipinski definition) is 3. The molecule has 0 bridgehead atoms. The summed E-state index contributed by atoms with van der Waals surface area (Å²) in [5, 5.41) is 3.52. The van der Waals surface area contributed by atoms with Crippen LogP contribution in [0.5, 0.6) is 11.5 Å². The van der Waals surface area contributed by atoms with E-state index in [-0.39, 0.29) is 6.04 Å². The third-order valence-electron chi connectivity index (χ3n) is 3.52. The van der Waals surface area contributed by atoms with Crippen LogP contribution in [0.4, 0.5) is 0 Å². The molecule has 0 amide bonds. The predicted molar refractivity (Wildman–Crippen MR) is 90.4 cm³/mol. The Labute approximate surface area is 132 Å². The number of para-hydroxylation sites is 1. The summed E-state index contributed by atoms with van der Waals surface area (Å²) in [4.78, 5) is 0. The van der Waals surface area contributed by atoms with Crippen LogP contribution in [0.25, 0.3) is 0 Å². The van der Waals surface area contributed by atoms with Crippen LogP contribution < -0.4 is 14.8 Å². The minimum Gasteiger partial charge on any atom is -0.493 e. The van der Waals surface area contributed by atoms with E-state index in [9.17, 15) is 0 Å². The minimum absolute atomic E-state index is 0.264. The Kier molecular flexibility index (Phi) is 6.04. The zero-order valence-corrected chi connectivity index (χ0v) is 13.2. The molecular formula is C19H23NO2. The molecule has 116 valence electrons. The number of ether oxygens (including phenoxy) is 2. The standard InChI is InChI=1S/C19H23NO2/c1-4-13-22-19-17(11-8-12-18(19)21-3)14-20-15(2)16-9-6-5-7-10-16/h4-12,15,20H,1,13-14H2,2-3H3. The summed E-state index contributed by atoms with van der Waals surface area (Å²) in [6.45, 7) is 7.01. The number of benzene rings is 2. The fraction of sp³-hybridized carbons (Fsp3) is 0.263. The Bertz CT molecular complexity index is 596. The average molecular weight is 297 g/mol. The van der Waals surface area contributed by atoms with Gasteiger partial charge in [0, 0.05) is 18.2 Å². The molecule has 3 heteroatoms. The molecule has 0 fully saturated rings. The van der Waals surface area contributed by atoms with Crippen LogP contribution in [0, 0.1) is 0 Å². The zero-order valence-electron chi connectivity index (χ0n) is 13.2. The van der Waals surface area contributed by atoms with E-state index in [1.54, 1.807) is 13.2 Å². The molecule has 0 heterocycles. The fourth-order valence-electron chi connectivity index (χ4n) is 2.29. The Morgan fingerprint density at radius 1 is 1.14 bits per heavy atom. The van der Waals surface area contributed by atoms with Crippen LogP contribution >= 0.6 is 0 Å². The van der Waals surface area contributed by atoms with E-state index in [1.165, 1.54) is 5.56 Å². The highest BCUT2D eigenvalue weighted by Crippen LogP contribution is 2.31. The van der Waals surface area contributed by atoms with Gasteiger partial charge in [0.25, 0.3) is 0 Å². The third-order valence-corrected chi connectivity index (χ3v) is 3.52. The van der Waals surface area contributed by atoms with Gasteiger partial charge in [0.05, 0.1) is 7.11 Å². The lowest BCUT2D eigenvalue weighted by atomic mass is 10.1. The molecule has 0 saturated carbocycles. The van der Waals surface area contributed by atoms with Crippen molar-refractivity contribution in [1.29, 1.82) is 0 Å². The third kappa shape index (κ3) is 4.12. The van der Waals surface area contributed by atoms with Gasteiger partial charge in [-0.25, -0.2) is 0 Å². The molecule has 0 aliphatic carbocycles. The summed E-state index contributed by atoms with van der Waals surface area (Å²) in [5.41, 5.74) is 2.34. The van der Waals surface area contributed by atoms with Crippen LogP contribution in [0.1, 0.15) is 24.1 Å². The topological polar surface area (TPSA) is 30.5 Å². The molecule has 0 aromatic heterocycles. The van der Waals surface area contributed by atoms with E-state index in [0.717, 1.165) is 17.1 Å². The first kappa shape index (κ1) is 16.1. The highest BCUT2D eigenvalue weighted by Gasteiger charge is 2.11. The van der Waals surface area contributed by atoms with Gasteiger partial charge in [0.2, 0.25) is 0 Å². The van der Waals surface area contributed by atoms with Crippen molar-refractivity contribution >= 4 is 0 Å². The van der Waals surface area contributed by atoms with Crippen molar-refractivity contribution in [3.8, 4) is 11.5 Å². The molecule has 3 nitrogen and oxygen atoms in total. The minimum atomic E-state index is 0.264. The van der Waals surface area contributed by atoms with Crippen LogP contribution in [-0.4, -0.2) is 13.7 Å². The van der Waals surface area contributed by atoms with Crippen molar-refractivity contribution < 1.29 is 9.47 Å². The second-order valence-corrected chi connectivity index (χ2v) is 5.06. The number of rotatable bonds is 8. The van der Waals surface area contributed by atoms with Crippen molar-refractivity contribution in [2.24, 2.45) is 0 Å². The number of hydrogen-bond donors (Lipinski definition) is 1. The molecule has 1 atom stereocenters. The van der Waals surface area contributed by atoms with E-state index in [1.807, 2.05) is 24.3 Å². The summed E-state index contributed by atoms with van der Waals surface area (Å²) in [7, 11) is 1.65. The summed E-state index contributed by atoms with van der Waals surface area (Å²) >= 11 is 0. The van der Waals surface area contributed by atoms with Crippen molar-refractivity contribution in [1.82, 2.24) is 5.32 Å². The van der Waals surface area contributed by atoms with Gasteiger partial charge < -0.3 is 14.8 Å². The second-order valence-electron chi connectivity index (χ2n) is 5.06. The van der Waals surface area contributed by atoms with E-state index < -0.39 is 0 Å². The molecule has 0 aliphatic heterocycles. The molecule has 2 aromatic rings. The van der Waals surface area contributed by atoms with Gasteiger partial charge in [-0.15, -0.1) is 0 Å². The van der Waals surface area contributed by atoms with Gasteiger partial charge in [-0.3, -0.25) is 0 Å². The fourth-order valence-corrected chi connectivity index (χ4v) is 2.29. The lowest BCUT2D eigenvalue weighted by Crippen LogP contribution is -2.18. The second kappa shape index (κ2) is 8.25. The monoisotopic (exact) mass is 297 g/mol. The highest BCUT2D eigenvalue weighted by atomic mass is 16.5. The Hall–Kier alpha value is -2.26. The highest BCUT2D eigenvalue weighted by molar-refractivity contribution is 5.46. The van der Waals surface area contributed by atoms with Gasteiger partial charge in [0.15, 0.2) is 11.5 Å². The summed E-state index contributed by atoms with van der Waals surface area (Å²) in [5.74, 6) is 1.52. The molecule has 0 spiro atoms. The lowest BCUT2D eigenvalue weighted by Gasteiger charge is -2.18. The normalized spacial score (nSPS) is 11.7. The Balaban J connectivity index is 2.10. The summed E-state index contributed by atoms with van der Waals surface area (Å²) in [6, 6.07) is 16.6. The van der Waals surface area contributed by atoms with Crippen LogP contribution in [-0.2, 0) is 6.54 Å². The first-order valence-corrected chi connectivity index (χ1v) is 7.44. The maximum absolute atomic E-state index is 5.76. The zero-order chi connectivity index (χ0) is 15.8. The maximum Gasteiger partial charge on any atom is 0.166 e. The average Bonchev–Trinajstić information content (AvgIpc) is 2.58. The molecule has 2 aromatic carbocycles. The van der Waals surface area contributed by atoms with Crippen LogP contribution in [0.2, 0.25) is 0 Å². The van der Waals surface area contributed by atoms with E-state index >= 15 is 0 Å². The van der Waals surface area contributed by atoms with Gasteiger partial charge in [-0.05, 0) is 18.6 Å². The van der Waals surface area contributed by atoms with Crippen molar-refractivity contribution in [3.05, 3.63) is 72.3 Å². The molecule has 1 N–H and O–H groups in total. The Morgan fingerprint density at radius 3 is 2.59 bits per heavy atom. The number of nitrogens with one attached hydrogen (secondary N) is 1. The van der Waals surface area contributed by atoms with Gasteiger partial charge >= 0.3 is 0 Å². The molecular weight excluding hydrogens is 274 g/mol. The molecule has 0 saturated heterocycles. The first-order valence-electron chi connectivity index (χ1n) is 7.44.